The first-order valence-electron chi connectivity index (χ1n) is 14.8. The summed E-state index contributed by atoms with van der Waals surface area (Å²) in [5, 5.41) is 8.82. The molecule has 0 radical (unpaired) electrons. The minimum Gasteiger partial charge on any atom is -0.494 e. The number of nitrogens with zero attached hydrogens (tertiary/aromatic N) is 1. The Morgan fingerprint density at radius 1 is 0.778 bits per heavy atom. The Labute approximate surface area is 263 Å². The molecule has 2 atom stereocenters. The number of ether oxygens (including phenoxy) is 2. The number of aromatic nitrogens is 1. The van der Waals surface area contributed by atoms with E-state index in [-0.39, 0.29) is 30.8 Å². The molecule has 0 unspecified atom stereocenters. The van der Waals surface area contributed by atoms with Crippen LogP contribution in [0.4, 0.5) is 0 Å². The van der Waals surface area contributed by atoms with Gasteiger partial charge in [-0.25, -0.2) is 4.98 Å². The molecule has 0 spiro atoms. The highest BCUT2D eigenvalue weighted by molar-refractivity contribution is 5.95. The average molecular weight is 610 g/mol. The molecule has 0 saturated carbocycles. The number of amides is 3. The predicted molar refractivity (Wildman–Crippen MR) is 172 cm³/mol. The van der Waals surface area contributed by atoms with Crippen molar-refractivity contribution in [2.75, 3.05) is 26.8 Å². The Balaban J connectivity index is 1.49. The Morgan fingerprint density at radius 3 is 2.04 bits per heavy atom. The number of nitrogens with two attached hydrogens (primary N) is 1. The fourth-order valence-corrected chi connectivity index (χ4v) is 4.76. The van der Waals surface area contributed by atoms with Crippen molar-refractivity contribution in [1.29, 1.82) is 0 Å². The molecular formula is C35H39N5O5. The van der Waals surface area contributed by atoms with Crippen molar-refractivity contribution >= 4 is 17.7 Å². The van der Waals surface area contributed by atoms with Crippen molar-refractivity contribution in [3.05, 3.63) is 125 Å². The number of hydrogen-bond acceptors (Lipinski definition) is 7. The van der Waals surface area contributed by atoms with Crippen LogP contribution in [-0.2, 0) is 22.7 Å². The zero-order valence-corrected chi connectivity index (χ0v) is 25.5. The monoisotopic (exact) mass is 609 g/mol. The molecule has 45 heavy (non-hydrogen) atoms. The van der Waals surface area contributed by atoms with E-state index < -0.39 is 11.8 Å². The molecule has 10 heteroatoms. The van der Waals surface area contributed by atoms with E-state index >= 15 is 0 Å². The third-order valence-corrected chi connectivity index (χ3v) is 7.31. The van der Waals surface area contributed by atoms with E-state index in [9.17, 15) is 14.4 Å². The number of hydrogen-bond donors (Lipinski definition) is 4. The normalized spacial score (nSPS) is 12.0. The van der Waals surface area contributed by atoms with E-state index in [0.29, 0.717) is 42.5 Å². The third kappa shape index (κ3) is 9.38. The van der Waals surface area contributed by atoms with Crippen molar-refractivity contribution in [2.45, 2.75) is 31.8 Å². The van der Waals surface area contributed by atoms with Crippen LogP contribution in [0.2, 0.25) is 0 Å². The van der Waals surface area contributed by atoms with Crippen LogP contribution in [0, 0.1) is 0 Å². The summed E-state index contributed by atoms with van der Waals surface area (Å²) < 4.78 is 10.7. The SMILES string of the molecule is CCOc1ccc([C@@H](CNC(=O)c2ccnc(OC)c2)C(=O)NC[C@H](C(=O)NCc2ccc(CN)cc2)c2ccccc2)cc1. The molecule has 10 nitrogen and oxygen atoms in total. The smallest absolute Gasteiger partial charge is 0.251 e. The summed E-state index contributed by atoms with van der Waals surface area (Å²) in [5.41, 5.74) is 9.45. The lowest BCUT2D eigenvalue weighted by Crippen LogP contribution is -2.41. The summed E-state index contributed by atoms with van der Waals surface area (Å²) in [4.78, 5) is 44.2. The number of methoxy groups -OCH3 is 1. The fraction of sp³-hybridized carbons (Fsp3) is 0.257. The molecule has 0 aliphatic carbocycles. The molecule has 0 aliphatic heterocycles. The average Bonchev–Trinajstić information content (AvgIpc) is 3.09. The van der Waals surface area contributed by atoms with Crippen LogP contribution in [0.5, 0.6) is 11.6 Å². The molecule has 1 aromatic heterocycles. The first kappa shape index (κ1) is 32.7. The van der Waals surface area contributed by atoms with Crippen molar-refractivity contribution < 1.29 is 23.9 Å². The van der Waals surface area contributed by atoms with Gasteiger partial charge in [-0.2, -0.15) is 0 Å². The number of carbonyl (C=O) groups is 3. The number of benzene rings is 3. The molecule has 4 rings (SSSR count). The van der Waals surface area contributed by atoms with Crippen LogP contribution in [0.3, 0.4) is 0 Å². The Kier molecular flexibility index (Phi) is 12.0. The Morgan fingerprint density at radius 2 is 1.40 bits per heavy atom. The number of rotatable bonds is 15. The quantitative estimate of drug-likeness (QED) is 0.161. The van der Waals surface area contributed by atoms with Crippen LogP contribution in [0.1, 0.15) is 51.4 Å². The zero-order valence-electron chi connectivity index (χ0n) is 25.5. The second-order valence-corrected chi connectivity index (χ2v) is 10.3. The molecule has 0 saturated heterocycles. The second kappa shape index (κ2) is 16.6. The fourth-order valence-electron chi connectivity index (χ4n) is 4.76. The summed E-state index contributed by atoms with van der Waals surface area (Å²) in [6, 6.07) is 27.3. The largest absolute Gasteiger partial charge is 0.494 e. The van der Waals surface area contributed by atoms with Gasteiger partial charge in [-0.1, -0.05) is 66.7 Å². The van der Waals surface area contributed by atoms with Crippen LogP contribution < -0.4 is 31.2 Å². The van der Waals surface area contributed by atoms with E-state index in [0.717, 1.165) is 16.7 Å². The maximum Gasteiger partial charge on any atom is 0.251 e. The van der Waals surface area contributed by atoms with Crippen molar-refractivity contribution in [3.63, 3.8) is 0 Å². The van der Waals surface area contributed by atoms with Gasteiger partial charge in [0.25, 0.3) is 5.91 Å². The number of carbonyl (C=O) groups excluding carboxylic acids is 3. The Bertz CT molecular complexity index is 1550. The molecule has 1 heterocycles. The van der Waals surface area contributed by atoms with Gasteiger partial charge in [0.15, 0.2) is 0 Å². The lowest BCUT2D eigenvalue weighted by Gasteiger charge is -2.22. The summed E-state index contributed by atoms with van der Waals surface area (Å²) in [6.45, 7) is 3.26. The van der Waals surface area contributed by atoms with E-state index in [1.54, 1.807) is 30.3 Å². The minimum absolute atomic E-state index is 0.0181. The number of nitrogens with one attached hydrogen (secondary N) is 3. The van der Waals surface area contributed by atoms with Gasteiger partial charge in [0.05, 0.1) is 25.6 Å². The molecule has 3 aromatic carbocycles. The van der Waals surface area contributed by atoms with Gasteiger partial charge in [-0.05, 0) is 47.4 Å². The van der Waals surface area contributed by atoms with Crippen LogP contribution >= 0.6 is 0 Å². The standard InChI is InChI=1S/C35H39N5O5/c1-3-45-29-15-13-27(14-16-29)31(22-39-33(41)28-17-18-37-32(19-28)44-2)35(43)40-23-30(26-7-5-4-6-8-26)34(42)38-21-25-11-9-24(20-36)10-12-25/h4-19,30-31H,3,20-23,36H2,1-2H3,(H,38,42)(H,39,41)(H,40,43)/t30-,31+/m0/s1. The van der Waals surface area contributed by atoms with Gasteiger partial charge in [0.2, 0.25) is 17.7 Å². The molecule has 3 amide bonds. The highest BCUT2D eigenvalue weighted by Gasteiger charge is 2.26. The molecule has 0 aliphatic rings. The van der Waals surface area contributed by atoms with Crippen LogP contribution in [0.15, 0.2) is 97.2 Å². The highest BCUT2D eigenvalue weighted by Crippen LogP contribution is 2.22. The van der Waals surface area contributed by atoms with Gasteiger partial charge in [-0.3, -0.25) is 14.4 Å². The van der Waals surface area contributed by atoms with Crippen molar-refractivity contribution in [2.24, 2.45) is 5.73 Å². The summed E-state index contributed by atoms with van der Waals surface area (Å²) in [7, 11) is 1.47. The van der Waals surface area contributed by atoms with E-state index in [4.69, 9.17) is 15.2 Å². The van der Waals surface area contributed by atoms with Gasteiger partial charge in [0, 0.05) is 44.0 Å². The van der Waals surface area contributed by atoms with Gasteiger partial charge >= 0.3 is 0 Å². The maximum absolute atomic E-state index is 13.7. The summed E-state index contributed by atoms with van der Waals surface area (Å²) in [5.74, 6) is -1.33. The Hall–Kier alpha value is -5.22. The molecule has 234 valence electrons. The van der Waals surface area contributed by atoms with Gasteiger partial charge < -0.3 is 31.2 Å². The molecule has 4 aromatic rings. The van der Waals surface area contributed by atoms with Crippen LogP contribution in [0.25, 0.3) is 0 Å². The maximum atomic E-state index is 13.7. The summed E-state index contributed by atoms with van der Waals surface area (Å²) >= 11 is 0. The molecular weight excluding hydrogens is 570 g/mol. The van der Waals surface area contributed by atoms with E-state index in [2.05, 4.69) is 20.9 Å². The van der Waals surface area contributed by atoms with E-state index in [1.165, 1.54) is 19.4 Å². The first-order chi connectivity index (χ1) is 21.9. The minimum atomic E-state index is -0.742. The molecule has 0 bridgehead atoms. The first-order valence-corrected chi connectivity index (χ1v) is 14.8. The van der Waals surface area contributed by atoms with Crippen molar-refractivity contribution in [1.82, 2.24) is 20.9 Å². The second-order valence-electron chi connectivity index (χ2n) is 10.3. The lowest BCUT2D eigenvalue weighted by molar-refractivity contribution is -0.124. The topological polar surface area (TPSA) is 145 Å². The van der Waals surface area contributed by atoms with Gasteiger partial charge in [0.1, 0.15) is 5.75 Å². The van der Waals surface area contributed by atoms with E-state index in [1.807, 2.05) is 61.5 Å². The summed E-state index contributed by atoms with van der Waals surface area (Å²) in [6.07, 6.45) is 1.48. The molecule has 5 N–H and O–H groups in total. The lowest BCUT2D eigenvalue weighted by atomic mass is 9.95. The van der Waals surface area contributed by atoms with Crippen molar-refractivity contribution in [3.8, 4) is 11.6 Å². The molecule has 0 fully saturated rings. The van der Waals surface area contributed by atoms with Gasteiger partial charge in [-0.15, -0.1) is 0 Å². The highest BCUT2D eigenvalue weighted by atomic mass is 16.5. The van der Waals surface area contributed by atoms with Crippen LogP contribution in [-0.4, -0.2) is 49.5 Å². The third-order valence-electron chi connectivity index (χ3n) is 7.31. The predicted octanol–water partition coefficient (Wildman–Crippen LogP) is 3.68. The number of pyridine rings is 1. The zero-order chi connectivity index (χ0) is 32.0.